The van der Waals surface area contributed by atoms with Crippen LogP contribution in [0.3, 0.4) is 0 Å². The van der Waals surface area contributed by atoms with Gasteiger partial charge in [0.25, 0.3) is 0 Å². The van der Waals surface area contributed by atoms with Crippen LogP contribution in [0.25, 0.3) is 16.8 Å². The Bertz CT molecular complexity index is 919. The Morgan fingerprint density at radius 2 is 2.00 bits per heavy atom. The van der Waals surface area contributed by atoms with Crippen LogP contribution in [0.5, 0.6) is 0 Å². The van der Waals surface area contributed by atoms with Gasteiger partial charge in [-0.05, 0) is 46.8 Å². The average Bonchev–Trinajstić information content (AvgIpc) is 3.14. The quantitative estimate of drug-likeness (QED) is 0.626. The third-order valence-corrected chi connectivity index (χ3v) is 5.58. The number of hydrogen-bond donors (Lipinski definition) is 1. The van der Waals surface area contributed by atoms with Crippen molar-refractivity contribution in [1.29, 1.82) is 5.26 Å². The largest absolute Gasteiger partial charge is 0.316 e. The van der Waals surface area contributed by atoms with Crippen molar-refractivity contribution in [1.82, 2.24) is 0 Å². The molecule has 3 rings (SSSR count). The molecule has 2 nitrogen and oxygen atoms in total. The lowest BCUT2D eigenvalue weighted by Gasteiger charge is -2.28. The minimum atomic E-state index is -0.217. The molecule has 1 unspecified atom stereocenters. The maximum absolute atomic E-state index is 9.50. The van der Waals surface area contributed by atoms with E-state index in [1.807, 2.05) is 0 Å². The summed E-state index contributed by atoms with van der Waals surface area (Å²) >= 11 is 1.73. The van der Waals surface area contributed by atoms with E-state index in [0.29, 0.717) is 6.42 Å². The van der Waals surface area contributed by atoms with Gasteiger partial charge >= 0.3 is 0 Å². The highest BCUT2D eigenvalue weighted by molar-refractivity contribution is 7.10. The maximum atomic E-state index is 9.50. The number of quaternary nitrogens is 1. The normalized spacial score (nSPS) is 13.8. The standard InChI is InChI=1S/C22H22N2S/c1-22(14-15-23,13-5-8-18-9-6-16-25-18)21-19-10-4-3-7-17(19)11-12-20(21)24-2/h3-12,16,24H,13-14H2,1-2H3/p+1/b8-5+. The van der Waals surface area contributed by atoms with E-state index in [0.717, 1.165) is 6.42 Å². The fraction of sp³-hybridized carbons (Fsp3) is 0.227. The van der Waals surface area contributed by atoms with Crippen molar-refractivity contribution in [2.45, 2.75) is 25.2 Å². The second-order valence-corrected chi connectivity index (χ2v) is 7.54. The van der Waals surface area contributed by atoms with Crippen LogP contribution in [0.2, 0.25) is 0 Å². The molecule has 3 aromatic rings. The molecule has 3 heteroatoms. The zero-order valence-electron chi connectivity index (χ0n) is 14.7. The number of allylic oxidation sites excluding steroid dienone is 1. The minimum absolute atomic E-state index is 0.217. The van der Waals surface area contributed by atoms with Crippen molar-refractivity contribution in [2.24, 2.45) is 0 Å². The Morgan fingerprint density at radius 3 is 2.72 bits per heavy atom. The highest BCUT2D eigenvalue weighted by Crippen LogP contribution is 2.40. The minimum Gasteiger partial charge on any atom is -0.316 e. The monoisotopic (exact) mass is 347 g/mol. The Kier molecular flexibility index (Phi) is 5.33. The van der Waals surface area contributed by atoms with Gasteiger partial charge in [-0.25, -0.2) is 0 Å². The number of nitriles is 1. The van der Waals surface area contributed by atoms with Crippen molar-refractivity contribution in [3.05, 3.63) is 70.4 Å². The van der Waals surface area contributed by atoms with E-state index in [-0.39, 0.29) is 5.41 Å². The molecule has 0 bridgehead atoms. The van der Waals surface area contributed by atoms with E-state index >= 15 is 0 Å². The molecule has 0 amide bonds. The van der Waals surface area contributed by atoms with Crippen LogP contribution in [0, 0.1) is 11.3 Å². The lowest BCUT2D eigenvalue weighted by Crippen LogP contribution is -2.73. The highest BCUT2D eigenvalue weighted by atomic mass is 32.1. The summed E-state index contributed by atoms with van der Waals surface area (Å²) in [7, 11) is 2.07. The molecular formula is C22H23N2S+. The molecule has 1 heterocycles. The summed E-state index contributed by atoms with van der Waals surface area (Å²) in [6.45, 7) is 2.21. The van der Waals surface area contributed by atoms with Gasteiger partial charge in [0, 0.05) is 22.3 Å². The molecule has 2 N–H and O–H groups in total. The van der Waals surface area contributed by atoms with E-state index in [4.69, 9.17) is 0 Å². The summed E-state index contributed by atoms with van der Waals surface area (Å²) in [5.41, 5.74) is 2.29. The summed E-state index contributed by atoms with van der Waals surface area (Å²) in [6.07, 6.45) is 5.72. The second-order valence-electron chi connectivity index (χ2n) is 6.56. The molecule has 1 aromatic heterocycles. The van der Waals surface area contributed by atoms with Gasteiger partial charge in [0.05, 0.1) is 13.1 Å². The first-order valence-electron chi connectivity index (χ1n) is 8.56. The Morgan fingerprint density at radius 1 is 1.16 bits per heavy atom. The van der Waals surface area contributed by atoms with Crippen LogP contribution in [-0.4, -0.2) is 7.05 Å². The molecule has 0 spiro atoms. The number of nitrogens with two attached hydrogens (primary N) is 1. The third-order valence-electron chi connectivity index (χ3n) is 4.74. The van der Waals surface area contributed by atoms with Gasteiger partial charge < -0.3 is 5.32 Å². The lowest BCUT2D eigenvalue weighted by molar-refractivity contribution is -0.540. The van der Waals surface area contributed by atoms with Crippen molar-refractivity contribution in [3.8, 4) is 6.07 Å². The van der Waals surface area contributed by atoms with Crippen LogP contribution in [0.15, 0.2) is 60.0 Å². The first-order valence-corrected chi connectivity index (χ1v) is 9.44. The van der Waals surface area contributed by atoms with Crippen LogP contribution < -0.4 is 5.32 Å². The molecule has 0 radical (unpaired) electrons. The third kappa shape index (κ3) is 3.66. The zero-order chi connectivity index (χ0) is 17.7. The van der Waals surface area contributed by atoms with Gasteiger partial charge in [0.15, 0.2) is 0 Å². The molecule has 126 valence electrons. The fourth-order valence-corrected chi connectivity index (χ4v) is 4.11. The van der Waals surface area contributed by atoms with Crippen molar-refractivity contribution < 1.29 is 5.32 Å². The molecule has 2 aromatic carbocycles. The van der Waals surface area contributed by atoms with Crippen LogP contribution in [0.4, 0.5) is 5.69 Å². The van der Waals surface area contributed by atoms with Crippen molar-refractivity contribution >= 4 is 33.9 Å². The van der Waals surface area contributed by atoms with Crippen LogP contribution in [0.1, 0.15) is 30.2 Å². The zero-order valence-corrected chi connectivity index (χ0v) is 15.5. The first-order chi connectivity index (χ1) is 12.2. The number of benzene rings is 2. The van der Waals surface area contributed by atoms with Crippen molar-refractivity contribution in [3.63, 3.8) is 0 Å². The Labute approximate surface area is 153 Å². The van der Waals surface area contributed by atoms with E-state index in [2.05, 4.69) is 91.4 Å². The Hall–Kier alpha value is -2.41. The molecular weight excluding hydrogens is 324 g/mol. The van der Waals surface area contributed by atoms with Gasteiger partial charge in [-0.1, -0.05) is 43.3 Å². The van der Waals surface area contributed by atoms with Crippen LogP contribution >= 0.6 is 11.3 Å². The topological polar surface area (TPSA) is 40.4 Å². The van der Waals surface area contributed by atoms with E-state index in [9.17, 15) is 5.26 Å². The van der Waals surface area contributed by atoms with Gasteiger partial charge in [-0.3, -0.25) is 0 Å². The summed E-state index contributed by atoms with van der Waals surface area (Å²) < 4.78 is 0. The fourth-order valence-electron chi connectivity index (χ4n) is 3.46. The van der Waals surface area contributed by atoms with Gasteiger partial charge in [0.1, 0.15) is 5.69 Å². The van der Waals surface area contributed by atoms with E-state index < -0.39 is 0 Å². The number of thiophene rings is 1. The molecule has 0 aliphatic rings. The molecule has 0 fully saturated rings. The molecule has 0 saturated carbocycles. The maximum Gasteiger partial charge on any atom is 0.133 e. The van der Waals surface area contributed by atoms with E-state index in [1.165, 1.54) is 26.9 Å². The number of nitrogens with zero attached hydrogens (tertiary/aromatic N) is 1. The SMILES string of the molecule is C[NH2+]c1ccc2ccccc2c1C(C)(CC#N)C/C=C/c1cccs1. The summed E-state index contributed by atoms with van der Waals surface area (Å²) in [4.78, 5) is 1.25. The summed E-state index contributed by atoms with van der Waals surface area (Å²) in [6, 6.07) is 19.4. The molecule has 25 heavy (non-hydrogen) atoms. The lowest BCUT2D eigenvalue weighted by atomic mass is 9.74. The first kappa shape index (κ1) is 17.4. The molecule has 0 saturated heterocycles. The summed E-state index contributed by atoms with van der Waals surface area (Å²) in [5, 5.41) is 16.2. The number of rotatable bonds is 6. The van der Waals surface area contributed by atoms with Crippen LogP contribution in [-0.2, 0) is 5.41 Å². The molecule has 0 aliphatic heterocycles. The van der Waals surface area contributed by atoms with Gasteiger partial charge in [-0.15, -0.1) is 11.3 Å². The molecule has 1 atom stereocenters. The average molecular weight is 348 g/mol. The van der Waals surface area contributed by atoms with Crippen molar-refractivity contribution in [2.75, 3.05) is 7.05 Å². The van der Waals surface area contributed by atoms with Gasteiger partial charge in [0.2, 0.25) is 0 Å². The summed E-state index contributed by atoms with van der Waals surface area (Å²) in [5.74, 6) is 0. The predicted molar refractivity (Wildman–Crippen MR) is 107 cm³/mol. The van der Waals surface area contributed by atoms with E-state index in [1.54, 1.807) is 11.3 Å². The second kappa shape index (κ2) is 7.65. The smallest absolute Gasteiger partial charge is 0.133 e. The Balaban J connectivity index is 2.07. The number of hydrogen-bond acceptors (Lipinski definition) is 2. The highest BCUT2D eigenvalue weighted by Gasteiger charge is 2.31. The van der Waals surface area contributed by atoms with Gasteiger partial charge in [-0.2, -0.15) is 5.26 Å². The molecule has 0 aliphatic carbocycles. The number of fused-ring (bicyclic) bond motifs is 1. The predicted octanol–water partition coefficient (Wildman–Crippen LogP) is 5.00.